The van der Waals surface area contributed by atoms with Crippen molar-refractivity contribution in [2.75, 3.05) is 18.0 Å². The van der Waals surface area contributed by atoms with E-state index in [0.717, 1.165) is 21.6 Å². The van der Waals surface area contributed by atoms with Crippen molar-refractivity contribution in [1.82, 2.24) is 9.88 Å². The van der Waals surface area contributed by atoms with Crippen molar-refractivity contribution in [3.05, 3.63) is 49.2 Å². The van der Waals surface area contributed by atoms with Crippen LogP contribution in [-0.2, 0) is 11.8 Å². The molecule has 4 rings (SSSR count). The van der Waals surface area contributed by atoms with E-state index in [1.54, 1.807) is 35.9 Å². The molecule has 1 atom stereocenters. The number of hydrogen-bond donors (Lipinski definition) is 1. The first-order chi connectivity index (χ1) is 12.9. The zero-order valence-corrected chi connectivity index (χ0v) is 16.5. The van der Waals surface area contributed by atoms with E-state index in [4.69, 9.17) is 16.3 Å². The monoisotopic (exact) mass is 423 g/mol. The number of hydrogen-bond acceptors (Lipinski definition) is 6. The lowest BCUT2D eigenvalue weighted by Gasteiger charge is -2.13. The van der Waals surface area contributed by atoms with Crippen molar-refractivity contribution in [2.24, 2.45) is 7.05 Å². The number of thiophene rings is 1. The summed E-state index contributed by atoms with van der Waals surface area (Å²) in [5.41, 5.74) is 1.48. The van der Waals surface area contributed by atoms with Gasteiger partial charge in [-0.1, -0.05) is 22.9 Å². The molecule has 10 heteroatoms. The fraction of sp³-hybridized carbons (Fsp3) is 0.235. The van der Waals surface area contributed by atoms with E-state index >= 15 is 0 Å². The van der Waals surface area contributed by atoms with E-state index in [1.165, 1.54) is 16.2 Å². The molecule has 7 nitrogen and oxygen atoms in total. The van der Waals surface area contributed by atoms with Gasteiger partial charge in [0.2, 0.25) is 0 Å². The lowest BCUT2D eigenvalue weighted by Crippen LogP contribution is -2.34. The third-order valence-electron chi connectivity index (χ3n) is 4.25. The Kier molecular flexibility index (Phi) is 4.67. The minimum absolute atomic E-state index is 0.0552. The number of ether oxygens (including phenoxy) is 1. The maximum atomic E-state index is 12.2. The summed E-state index contributed by atoms with van der Waals surface area (Å²) in [6.07, 6.45) is -0.932. The molecule has 140 valence electrons. The Labute approximate surface area is 166 Å². The van der Waals surface area contributed by atoms with E-state index in [9.17, 15) is 14.4 Å². The van der Waals surface area contributed by atoms with Crippen molar-refractivity contribution in [2.45, 2.75) is 6.10 Å². The van der Waals surface area contributed by atoms with E-state index in [2.05, 4.69) is 5.32 Å². The van der Waals surface area contributed by atoms with Gasteiger partial charge in [0.25, 0.3) is 5.91 Å². The van der Waals surface area contributed by atoms with Gasteiger partial charge in [0, 0.05) is 12.7 Å². The standard InChI is InChI=1S/C17H14ClN3O4S2/c1-20-11-3-2-9(6-13(11)27-17(20)24)21-8-10(25-16(21)23)7-19-15(22)12-4-5-14(18)26-12/h2-6,10H,7-8H2,1H3,(H,19,22). The second-order valence-electron chi connectivity index (χ2n) is 6.01. The fourth-order valence-corrected chi connectivity index (χ4v) is 4.73. The van der Waals surface area contributed by atoms with Crippen molar-refractivity contribution in [3.63, 3.8) is 0 Å². The molecule has 1 aliphatic rings. The molecule has 0 radical (unpaired) electrons. The maximum Gasteiger partial charge on any atom is 0.414 e. The number of anilines is 1. The SMILES string of the molecule is Cn1c(=O)sc2cc(N3CC(CNC(=O)c4ccc(Cl)s4)OC3=O)ccc21. The van der Waals surface area contributed by atoms with Gasteiger partial charge in [0.05, 0.1) is 32.5 Å². The van der Waals surface area contributed by atoms with Gasteiger partial charge in [-0.25, -0.2) is 4.79 Å². The van der Waals surface area contributed by atoms with Crippen molar-refractivity contribution < 1.29 is 14.3 Å². The number of cyclic esters (lactones) is 1. The zero-order chi connectivity index (χ0) is 19.1. The quantitative estimate of drug-likeness (QED) is 0.699. The van der Waals surface area contributed by atoms with Crippen LogP contribution in [-0.4, -0.2) is 35.8 Å². The summed E-state index contributed by atoms with van der Waals surface area (Å²) < 4.78 is 8.26. The summed E-state index contributed by atoms with van der Waals surface area (Å²) in [5, 5.41) is 2.75. The van der Waals surface area contributed by atoms with Gasteiger partial charge < -0.3 is 14.6 Å². The molecule has 1 aliphatic heterocycles. The highest BCUT2D eigenvalue weighted by molar-refractivity contribution is 7.18. The van der Waals surface area contributed by atoms with Crippen LogP contribution in [0.5, 0.6) is 0 Å². The predicted octanol–water partition coefficient (Wildman–Crippen LogP) is 3.07. The fourth-order valence-electron chi connectivity index (χ4n) is 2.86. The van der Waals surface area contributed by atoms with Crippen LogP contribution in [0.2, 0.25) is 4.34 Å². The second-order valence-corrected chi connectivity index (χ2v) is 8.72. The zero-order valence-electron chi connectivity index (χ0n) is 14.1. The van der Waals surface area contributed by atoms with Crippen molar-refractivity contribution in [3.8, 4) is 0 Å². The van der Waals surface area contributed by atoms with Gasteiger partial charge in [-0.3, -0.25) is 14.5 Å². The molecule has 1 saturated heterocycles. The highest BCUT2D eigenvalue weighted by atomic mass is 35.5. The average Bonchev–Trinajstić information content (AvgIpc) is 3.31. The third-order valence-corrected chi connectivity index (χ3v) is 6.47. The van der Waals surface area contributed by atoms with Crippen LogP contribution >= 0.6 is 34.3 Å². The summed E-state index contributed by atoms with van der Waals surface area (Å²) >= 11 is 8.15. The highest BCUT2D eigenvalue weighted by Crippen LogP contribution is 2.27. The number of carbonyl (C=O) groups is 2. The van der Waals surface area contributed by atoms with E-state index < -0.39 is 12.2 Å². The Hall–Kier alpha value is -2.36. The molecule has 3 aromatic rings. The van der Waals surface area contributed by atoms with Crippen molar-refractivity contribution >= 4 is 62.2 Å². The maximum absolute atomic E-state index is 12.2. The lowest BCUT2D eigenvalue weighted by atomic mass is 10.2. The number of nitrogens with zero attached hydrogens (tertiary/aromatic N) is 2. The third kappa shape index (κ3) is 3.45. The summed E-state index contributed by atoms with van der Waals surface area (Å²) in [6, 6.07) is 8.70. The number of nitrogens with one attached hydrogen (secondary N) is 1. The van der Waals surface area contributed by atoms with E-state index in [0.29, 0.717) is 21.4 Å². The van der Waals surface area contributed by atoms with Crippen LogP contribution in [0.25, 0.3) is 10.2 Å². The minimum atomic E-state index is -0.476. The molecule has 0 bridgehead atoms. The average molecular weight is 424 g/mol. The van der Waals surface area contributed by atoms with E-state index in [-0.39, 0.29) is 17.3 Å². The molecule has 1 fully saturated rings. The van der Waals surface area contributed by atoms with Gasteiger partial charge in [0.15, 0.2) is 0 Å². The summed E-state index contributed by atoms with van der Waals surface area (Å²) in [5.74, 6) is -0.253. The van der Waals surface area contributed by atoms with Crippen LogP contribution < -0.4 is 15.1 Å². The van der Waals surface area contributed by atoms with Crippen LogP contribution in [0, 0.1) is 0 Å². The number of carbonyl (C=O) groups excluding carboxylic acids is 2. The van der Waals surface area contributed by atoms with Crippen LogP contribution in [0.1, 0.15) is 9.67 Å². The number of benzene rings is 1. The Bertz CT molecular complexity index is 1100. The number of aryl methyl sites for hydroxylation is 1. The first-order valence-corrected chi connectivity index (χ1v) is 10.0. The molecule has 0 saturated carbocycles. The van der Waals surface area contributed by atoms with Crippen molar-refractivity contribution in [1.29, 1.82) is 0 Å². The Morgan fingerprint density at radius 1 is 1.30 bits per heavy atom. The Morgan fingerprint density at radius 3 is 2.85 bits per heavy atom. The van der Waals surface area contributed by atoms with E-state index in [1.807, 2.05) is 6.07 Å². The summed E-state index contributed by atoms with van der Waals surface area (Å²) in [6.45, 7) is 0.523. The molecule has 2 amide bonds. The number of fused-ring (bicyclic) bond motifs is 1. The van der Waals surface area contributed by atoms with Crippen LogP contribution in [0.4, 0.5) is 10.5 Å². The number of amides is 2. The van der Waals surface area contributed by atoms with Gasteiger partial charge >= 0.3 is 11.0 Å². The number of rotatable bonds is 4. The molecule has 0 aliphatic carbocycles. The molecule has 1 unspecified atom stereocenters. The first-order valence-electron chi connectivity index (χ1n) is 8.03. The second kappa shape index (κ2) is 6.99. The van der Waals surface area contributed by atoms with Gasteiger partial charge in [0.1, 0.15) is 6.10 Å². The molecular weight excluding hydrogens is 410 g/mol. The molecule has 3 heterocycles. The normalized spacial score (nSPS) is 16.7. The molecule has 1 aromatic carbocycles. The molecular formula is C17H14ClN3O4S2. The van der Waals surface area contributed by atoms with Gasteiger partial charge in [-0.2, -0.15) is 0 Å². The molecule has 2 aromatic heterocycles. The molecule has 1 N–H and O–H groups in total. The number of halogens is 1. The number of aromatic nitrogens is 1. The topological polar surface area (TPSA) is 80.6 Å². The lowest BCUT2D eigenvalue weighted by molar-refractivity contribution is 0.0920. The number of thiazole rings is 1. The Morgan fingerprint density at radius 2 is 2.11 bits per heavy atom. The Balaban J connectivity index is 1.44. The molecule has 27 heavy (non-hydrogen) atoms. The summed E-state index contributed by atoms with van der Waals surface area (Å²) in [7, 11) is 1.71. The van der Waals surface area contributed by atoms with Crippen LogP contribution in [0.3, 0.4) is 0 Å². The first kappa shape index (κ1) is 18.0. The predicted molar refractivity (Wildman–Crippen MR) is 106 cm³/mol. The largest absolute Gasteiger partial charge is 0.442 e. The minimum Gasteiger partial charge on any atom is -0.442 e. The van der Waals surface area contributed by atoms with Crippen LogP contribution in [0.15, 0.2) is 35.1 Å². The van der Waals surface area contributed by atoms with Gasteiger partial charge in [-0.05, 0) is 30.3 Å². The highest BCUT2D eigenvalue weighted by Gasteiger charge is 2.32. The smallest absolute Gasteiger partial charge is 0.414 e. The molecule has 0 spiro atoms. The van der Waals surface area contributed by atoms with Gasteiger partial charge in [-0.15, -0.1) is 11.3 Å². The summed E-state index contributed by atoms with van der Waals surface area (Å²) in [4.78, 5) is 38.0.